The van der Waals surface area contributed by atoms with E-state index in [4.69, 9.17) is 4.74 Å². The van der Waals surface area contributed by atoms with Crippen LogP contribution in [-0.2, 0) is 27.4 Å². The summed E-state index contributed by atoms with van der Waals surface area (Å²) in [6.07, 6.45) is 2.44. The van der Waals surface area contributed by atoms with Crippen molar-refractivity contribution in [2.24, 2.45) is 0 Å². The number of carbonyl (C=O) groups is 3. The molecule has 2 N–H and O–H groups in total. The highest BCUT2D eigenvalue weighted by molar-refractivity contribution is 7.91. The number of fused-ring (bicyclic) bond motifs is 1. The van der Waals surface area contributed by atoms with Crippen LogP contribution in [0.25, 0.3) is 0 Å². The van der Waals surface area contributed by atoms with Crippen molar-refractivity contribution in [1.82, 2.24) is 5.32 Å². The SMILES string of the molecule is CCOC(=O)NC(=O)c1c(NC(=O)c2ccccc2S(=O)(=O)CC)sc2c1CCCC2. The molecule has 0 fully saturated rings. The predicted octanol–water partition coefficient (Wildman–Crippen LogP) is 3.56. The number of benzene rings is 1. The molecule has 3 rings (SSSR count). The molecule has 1 aromatic carbocycles. The number of carbonyl (C=O) groups excluding carboxylic acids is 3. The maximum absolute atomic E-state index is 13.0. The Labute approximate surface area is 184 Å². The number of ether oxygens (including phenoxy) is 1. The normalized spacial score (nSPS) is 13.2. The topological polar surface area (TPSA) is 119 Å². The van der Waals surface area contributed by atoms with Gasteiger partial charge in [0.25, 0.3) is 11.8 Å². The van der Waals surface area contributed by atoms with Gasteiger partial charge in [0.2, 0.25) is 0 Å². The standard InChI is InChI=1S/C21H24N2O6S2/c1-3-29-21(26)23-19(25)17-13-9-5-7-11-15(13)30-20(17)22-18(24)14-10-6-8-12-16(14)31(27,28)4-2/h6,8,10,12H,3-5,7,9,11H2,1-2H3,(H,22,24)(H,23,25,26). The summed E-state index contributed by atoms with van der Waals surface area (Å²) in [5.74, 6) is -1.42. The van der Waals surface area contributed by atoms with Crippen LogP contribution in [0.2, 0.25) is 0 Å². The van der Waals surface area contributed by atoms with E-state index in [1.54, 1.807) is 19.1 Å². The Morgan fingerprint density at radius 1 is 1.06 bits per heavy atom. The Morgan fingerprint density at radius 3 is 2.48 bits per heavy atom. The van der Waals surface area contributed by atoms with Crippen molar-refractivity contribution in [3.63, 3.8) is 0 Å². The monoisotopic (exact) mass is 464 g/mol. The zero-order chi connectivity index (χ0) is 22.6. The molecule has 166 valence electrons. The Bertz CT molecular complexity index is 1120. The zero-order valence-electron chi connectivity index (χ0n) is 17.3. The number of hydrogen-bond acceptors (Lipinski definition) is 7. The van der Waals surface area contributed by atoms with Crippen molar-refractivity contribution in [3.8, 4) is 0 Å². The molecule has 1 aromatic heterocycles. The van der Waals surface area contributed by atoms with Crippen molar-refractivity contribution < 1.29 is 27.5 Å². The minimum absolute atomic E-state index is 0.00692. The molecule has 0 bridgehead atoms. The van der Waals surface area contributed by atoms with Crippen LogP contribution in [0.4, 0.5) is 9.80 Å². The number of thiophene rings is 1. The molecule has 31 heavy (non-hydrogen) atoms. The summed E-state index contributed by atoms with van der Waals surface area (Å²) < 4.78 is 29.6. The first-order chi connectivity index (χ1) is 14.8. The number of imide groups is 1. The molecule has 0 saturated heterocycles. The van der Waals surface area contributed by atoms with Crippen LogP contribution in [0.15, 0.2) is 29.2 Å². The number of nitrogens with one attached hydrogen (secondary N) is 2. The van der Waals surface area contributed by atoms with Gasteiger partial charge in [0.05, 0.1) is 28.4 Å². The molecule has 0 radical (unpaired) electrons. The Hall–Kier alpha value is -2.72. The van der Waals surface area contributed by atoms with Crippen LogP contribution >= 0.6 is 11.3 Å². The molecule has 8 nitrogen and oxygen atoms in total. The van der Waals surface area contributed by atoms with Gasteiger partial charge in [-0.1, -0.05) is 19.1 Å². The van der Waals surface area contributed by atoms with Crippen LogP contribution in [0.3, 0.4) is 0 Å². The van der Waals surface area contributed by atoms with E-state index in [0.717, 1.165) is 29.7 Å². The molecule has 0 unspecified atom stereocenters. The van der Waals surface area contributed by atoms with Gasteiger partial charge in [-0.15, -0.1) is 11.3 Å². The maximum atomic E-state index is 13.0. The highest BCUT2D eigenvalue weighted by atomic mass is 32.2. The van der Waals surface area contributed by atoms with E-state index >= 15 is 0 Å². The van der Waals surface area contributed by atoms with Gasteiger partial charge in [-0.25, -0.2) is 13.2 Å². The lowest BCUT2D eigenvalue weighted by Crippen LogP contribution is -2.32. The third-order valence-electron chi connectivity index (χ3n) is 4.96. The van der Waals surface area contributed by atoms with Crippen molar-refractivity contribution >= 4 is 44.1 Å². The van der Waals surface area contributed by atoms with E-state index in [9.17, 15) is 22.8 Å². The average Bonchev–Trinajstić information content (AvgIpc) is 3.11. The molecule has 3 amide bonds. The molecule has 0 spiro atoms. The van der Waals surface area contributed by atoms with Gasteiger partial charge in [0.1, 0.15) is 5.00 Å². The molecule has 1 heterocycles. The molecule has 0 atom stereocenters. The van der Waals surface area contributed by atoms with Crippen molar-refractivity contribution in [1.29, 1.82) is 0 Å². The van der Waals surface area contributed by atoms with Crippen LogP contribution in [0, 0.1) is 0 Å². The summed E-state index contributed by atoms with van der Waals surface area (Å²) in [4.78, 5) is 38.5. The van der Waals surface area contributed by atoms with Crippen LogP contribution in [-0.4, -0.2) is 38.7 Å². The number of alkyl carbamates (subject to hydrolysis) is 1. The molecule has 0 saturated carbocycles. The van der Waals surface area contributed by atoms with Gasteiger partial charge in [-0.3, -0.25) is 14.9 Å². The first-order valence-corrected chi connectivity index (χ1v) is 12.5. The molecule has 1 aliphatic carbocycles. The zero-order valence-corrected chi connectivity index (χ0v) is 19.0. The minimum atomic E-state index is -3.62. The lowest BCUT2D eigenvalue weighted by Gasteiger charge is -2.13. The van der Waals surface area contributed by atoms with E-state index in [0.29, 0.717) is 11.4 Å². The van der Waals surface area contributed by atoms with E-state index < -0.39 is 27.7 Å². The third kappa shape index (κ3) is 4.96. The molecule has 10 heteroatoms. The fourth-order valence-corrected chi connectivity index (χ4v) is 5.84. The summed E-state index contributed by atoms with van der Waals surface area (Å²) in [5.41, 5.74) is 1.05. The number of aryl methyl sites for hydroxylation is 1. The largest absolute Gasteiger partial charge is 0.450 e. The maximum Gasteiger partial charge on any atom is 0.414 e. The molecule has 1 aliphatic rings. The van der Waals surface area contributed by atoms with Crippen molar-refractivity contribution in [2.75, 3.05) is 17.7 Å². The third-order valence-corrected chi connectivity index (χ3v) is 7.96. The van der Waals surface area contributed by atoms with Gasteiger partial charge in [0, 0.05) is 4.88 Å². The van der Waals surface area contributed by atoms with Crippen molar-refractivity contribution in [2.45, 2.75) is 44.4 Å². The summed E-state index contributed by atoms with van der Waals surface area (Å²) in [5, 5.41) is 5.19. The van der Waals surface area contributed by atoms with E-state index in [-0.39, 0.29) is 28.4 Å². The lowest BCUT2D eigenvalue weighted by atomic mass is 9.95. The lowest BCUT2D eigenvalue weighted by molar-refractivity contribution is 0.0925. The molecule has 0 aliphatic heterocycles. The van der Waals surface area contributed by atoms with Gasteiger partial charge in [-0.2, -0.15) is 0 Å². The van der Waals surface area contributed by atoms with Crippen LogP contribution < -0.4 is 10.6 Å². The predicted molar refractivity (Wildman–Crippen MR) is 118 cm³/mol. The average molecular weight is 465 g/mol. The number of amides is 3. The fraction of sp³-hybridized carbons (Fsp3) is 0.381. The van der Waals surface area contributed by atoms with Gasteiger partial charge in [-0.05, 0) is 50.3 Å². The second kappa shape index (κ2) is 9.61. The van der Waals surface area contributed by atoms with Gasteiger partial charge < -0.3 is 10.1 Å². The number of anilines is 1. The highest BCUT2D eigenvalue weighted by Crippen LogP contribution is 2.38. The first kappa shape index (κ1) is 23.0. The smallest absolute Gasteiger partial charge is 0.414 e. The number of hydrogen-bond donors (Lipinski definition) is 2. The first-order valence-electron chi connectivity index (χ1n) is 10.0. The van der Waals surface area contributed by atoms with Crippen molar-refractivity contribution in [3.05, 3.63) is 45.8 Å². The highest BCUT2D eigenvalue weighted by Gasteiger charge is 2.29. The van der Waals surface area contributed by atoms with Gasteiger partial charge in [0.15, 0.2) is 9.84 Å². The quantitative estimate of drug-likeness (QED) is 0.675. The Morgan fingerprint density at radius 2 is 1.77 bits per heavy atom. The minimum Gasteiger partial charge on any atom is -0.450 e. The Balaban J connectivity index is 1.97. The summed E-state index contributed by atoms with van der Waals surface area (Å²) >= 11 is 1.28. The number of sulfone groups is 1. The summed E-state index contributed by atoms with van der Waals surface area (Å²) in [6.45, 7) is 3.26. The second-order valence-corrected chi connectivity index (χ2v) is 10.3. The second-order valence-electron chi connectivity index (χ2n) is 6.94. The van der Waals surface area contributed by atoms with E-state index in [1.165, 1.54) is 30.4 Å². The Kier molecular flexibility index (Phi) is 7.11. The van der Waals surface area contributed by atoms with Crippen LogP contribution in [0.1, 0.15) is 57.8 Å². The summed E-state index contributed by atoms with van der Waals surface area (Å²) in [6, 6.07) is 5.96. The molecular weight excluding hydrogens is 440 g/mol. The van der Waals surface area contributed by atoms with E-state index in [1.807, 2.05) is 0 Å². The summed E-state index contributed by atoms with van der Waals surface area (Å²) in [7, 11) is -3.62. The molecule has 2 aromatic rings. The number of rotatable bonds is 6. The van der Waals surface area contributed by atoms with Gasteiger partial charge >= 0.3 is 6.09 Å². The van der Waals surface area contributed by atoms with Crippen LogP contribution in [0.5, 0.6) is 0 Å². The van der Waals surface area contributed by atoms with E-state index in [2.05, 4.69) is 10.6 Å². The molecular formula is C21H24N2O6S2. The fourth-order valence-electron chi connectivity index (χ4n) is 3.47.